The normalized spacial score (nSPS) is 22.0. The molecule has 0 aliphatic heterocycles. The summed E-state index contributed by atoms with van der Waals surface area (Å²) < 4.78 is 0. The maximum absolute atomic E-state index is 11.9. The first-order valence-electron chi connectivity index (χ1n) is 8.59. The molecule has 0 aromatic heterocycles. The minimum absolute atomic E-state index is 0.0521. The molecule has 0 heterocycles. The van der Waals surface area contributed by atoms with E-state index >= 15 is 0 Å². The van der Waals surface area contributed by atoms with E-state index in [4.69, 9.17) is 0 Å². The number of aliphatic hydroxyl groups excluding tert-OH is 1. The summed E-state index contributed by atoms with van der Waals surface area (Å²) in [5, 5.41) is 12.0. The second-order valence-electron chi connectivity index (χ2n) is 6.68. The topological polar surface area (TPSA) is 110 Å². The largest absolute Gasteiger partial charge is 0.393 e. The number of rotatable bonds is 12. The number of nitrogens with zero attached hydrogens (tertiary/aromatic N) is 1. The Bertz CT molecular complexity index is 450. The predicted molar refractivity (Wildman–Crippen MR) is 87.0 cm³/mol. The highest BCUT2D eigenvalue weighted by Crippen LogP contribution is 2.30. The molecular formula is C17H27NO6. The predicted octanol–water partition coefficient (Wildman–Crippen LogP) is 2.53. The van der Waals surface area contributed by atoms with Gasteiger partial charge in [-0.3, -0.25) is 14.4 Å². The lowest BCUT2D eigenvalue weighted by atomic mass is 9.77. The number of ketones is 3. The van der Waals surface area contributed by atoms with Gasteiger partial charge < -0.3 is 9.94 Å². The van der Waals surface area contributed by atoms with Crippen LogP contribution < -0.4 is 0 Å². The van der Waals surface area contributed by atoms with Crippen molar-refractivity contribution in [1.82, 2.24) is 0 Å². The highest BCUT2D eigenvalue weighted by Gasteiger charge is 2.29. The summed E-state index contributed by atoms with van der Waals surface area (Å²) in [6.45, 7) is 1.69. The summed E-state index contributed by atoms with van der Waals surface area (Å²) in [5.41, 5.74) is 0. The van der Waals surface area contributed by atoms with Crippen LogP contribution in [0.4, 0.5) is 0 Å². The highest BCUT2D eigenvalue weighted by molar-refractivity contribution is 5.88. The number of hydrogen-bond acceptors (Lipinski definition) is 7. The third-order valence-corrected chi connectivity index (χ3v) is 4.60. The molecule has 0 aromatic rings. The first kappa shape index (κ1) is 20.4. The van der Waals surface area contributed by atoms with Crippen LogP contribution >= 0.6 is 0 Å². The Morgan fingerprint density at radius 3 is 2.71 bits per heavy atom. The van der Waals surface area contributed by atoms with Gasteiger partial charge in [0.1, 0.15) is 24.0 Å². The number of carbonyl (C=O) groups excluding carboxylic acids is 3. The quantitative estimate of drug-likeness (QED) is 0.332. The van der Waals surface area contributed by atoms with Crippen molar-refractivity contribution in [2.45, 2.75) is 70.8 Å². The van der Waals surface area contributed by atoms with Crippen molar-refractivity contribution < 1.29 is 24.3 Å². The Balaban J connectivity index is 2.19. The van der Waals surface area contributed by atoms with E-state index < -0.39 is 6.10 Å². The first-order chi connectivity index (χ1) is 11.4. The molecule has 0 aromatic carbocycles. The van der Waals surface area contributed by atoms with Gasteiger partial charge in [-0.1, -0.05) is 0 Å². The van der Waals surface area contributed by atoms with Gasteiger partial charge in [0.05, 0.1) is 6.10 Å². The molecular weight excluding hydrogens is 314 g/mol. The van der Waals surface area contributed by atoms with Crippen molar-refractivity contribution in [3.8, 4) is 0 Å². The second-order valence-corrected chi connectivity index (χ2v) is 6.68. The van der Waals surface area contributed by atoms with Gasteiger partial charge in [0.2, 0.25) is 0 Å². The monoisotopic (exact) mass is 341 g/mol. The fourth-order valence-electron chi connectivity index (χ4n) is 3.16. The molecule has 1 fully saturated rings. The number of Topliss-reactive ketones (excluding diaryl/α,β-unsaturated/α-hetero) is 3. The maximum Gasteiger partial charge on any atom is 0.155 e. The highest BCUT2D eigenvalue weighted by atomic mass is 16.7. The average Bonchev–Trinajstić information content (AvgIpc) is 2.54. The molecule has 0 bridgehead atoms. The summed E-state index contributed by atoms with van der Waals surface area (Å²) in [6, 6.07) is 0. The summed E-state index contributed by atoms with van der Waals surface area (Å²) in [6.07, 6.45) is 3.57. The first-order valence-corrected chi connectivity index (χ1v) is 8.59. The van der Waals surface area contributed by atoms with E-state index in [2.05, 4.69) is 10.2 Å². The minimum Gasteiger partial charge on any atom is -0.393 e. The number of carbonyl (C=O) groups is 3. The molecule has 1 aliphatic carbocycles. The van der Waals surface area contributed by atoms with E-state index in [9.17, 15) is 24.4 Å². The molecule has 1 saturated carbocycles. The van der Waals surface area contributed by atoms with Gasteiger partial charge in [-0.15, -0.1) is 4.91 Å². The summed E-state index contributed by atoms with van der Waals surface area (Å²) in [7, 11) is 0. The Morgan fingerprint density at radius 2 is 2.04 bits per heavy atom. The van der Waals surface area contributed by atoms with Crippen LogP contribution in [0.3, 0.4) is 0 Å². The van der Waals surface area contributed by atoms with E-state index in [0.29, 0.717) is 57.8 Å². The van der Waals surface area contributed by atoms with Gasteiger partial charge >= 0.3 is 0 Å². The van der Waals surface area contributed by atoms with Crippen molar-refractivity contribution in [1.29, 1.82) is 0 Å². The lowest BCUT2D eigenvalue weighted by Crippen LogP contribution is -2.27. The Kier molecular flexibility index (Phi) is 9.37. The standard InChI is InChI=1S/C17H27NO6/c1-12(19)14-9-13(10-17(22)11-14)4-5-16(21)7-6-15(20)3-2-8-24-18-23/h13-15,20H,2-11H2,1H3. The molecule has 1 N–H and O–H groups in total. The fourth-order valence-corrected chi connectivity index (χ4v) is 3.16. The van der Waals surface area contributed by atoms with E-state index in [1.807, 2.05) is 0 Å². The zero-order valence-corrected chi connectivity index (χ0v) is 14.2. The van der Waals surface area contributed by atoms with Crippen molar-refractivity contribution in [3.63, 3.8) is 0 Å². The lowest BCUT2D eigenvalue weighted by Gasteiger charge is -2.26. The van der Waals surface area contributed by atoms with E-state index in [0.717, 1.165) is 0 Å². The SMILES string of the molecule is CC(=O)C1CC(=O)CC(CCC(=O)CCC(O)CCCON=O)C1. The molecule has 24 heavy (non-hydrogen) atoms. The summed E-state index contributed by atoms with van der Waals surface area (Å²) in [5.74, 6) is 0.160. The zero-order chi connectivity index (χ0) is 17.9. The molecule has 136 valence electrons. The van der Waals surface area contributed by atoms with E-state index in [1.165, 1.54) is 6.92 Å². The molecule has 3 unspecified atom stereocenters. The van der Waals surface area contributed by atoms with Gasteiger partial charge in [-0.05, 0) is 44.9 Å². The lowest BCUT2D eigenvalue weighted by molar-refractivity contribution is -0.130. The van der Waals surface area contributed by atoms with E-state index in [-0.39, 0.29) is 35.8 Å². The van der Waals surface area contributed by atoms with E-state index in [1.54, 1.807) is 0 Å². The zero-order valence-electron chi connectivity index (χ0n) is 14.2. The Morgan fingerprint density at radius 1 is 1.29 bits per heavy atom. The van der Waals surface area contributed by atoms with Gasteiger partial charge in [-0.25, -0.2) is 0 Å². The molecule has 1 aliphatic rings. The van der Waals surface area contributed by atoms with Gasteiger partial charge in [0.15, 0.2) is 5.34 Å². The van der Waals surface area contributed by atoms with Crippen molar-refractivity contribution in [2.24, 2.45) is 17.2 Å². The van der Waals surface area contributed by atoms with Gasteiger partial charge in [0.25, 0.3) is 0 Å². The van der Waals surface area contributed by atoms with Crippen LogP contribution in [-0.2, 0) is 19.2 Å². The summed E-state index contributed by atoms with van der Waals surface area (Å²) >= 11 is 0. The molecule has 0 radical (unpaired) electrons. The van der Waals surface area contributed by atoms with Crippen LogP contribution in [0.1, 0.15) is 64.7 Å². The fraction of sp³-hybridized carbons (Fsp3) is 0.824. The molecule has 7 heteroatoms. The molecule has 7 nitrogen and oxygen atoms in total. The smallest absolute Gasteiger partial charge is 0.155 e. The number of aliphatic hydroxyl groups is 1. The van der Waals surface area contributed by atoms with Crippen molar-refractivity contribution >= 4 is 17.3 Å². The van der Waals surface area contributed by atoms with Gasteiger partial charge in [0, 0.05) is 31.6 Å². The molecule has 3 atom stereocenters. The molecule has 0 saturated heterocycles. The molecule has 1 rings (SSSR count). The van der Waals surface area contributed by atoms with Crippen molar-refractivity contribution in [3.05, 3.63) is 4.91 Å². The number of hydrogen-bond donors (Lipinski definition) is 1. The average molecular weight is 341 g/mol. The second kappa shape index (κ2) is 11.0. The third kappa shape index (κ3) is 8.29. The minimum atomic E-state index is -0.595. The van der Waals surface area contributed by atoms with Crippen molar-refractivity contribution in [2.75, 3.05) is 6.61 Å². The van der Waals surface area contributed by atoms with Gasteiger partial charge in [-0.2, -0.15) is 0 Å². The Hall–Kier alpha value is -1.63. The van der Waals surface area contributed by atoms with Crippen LogP contribution in [-0.4, -0.2) is 35.2 Å². The van der Waals surface area contributed by atoms with Crippen LogP contribution in [0.5, 0.6) is 0 Å². The summed E-state index contributed by atoms with van der Waals surface area (Å²) in [4.78, 5) is 49.1. The maximum atomic E-state index is 11.9. The van der Waals surface area contributed by atoms with Crippen LogP contribution in [0.15, 0.2) is 5.34 Å². The van der Waals surface area contributed by atoms with Crippen LogP contribution in [0.2, 0.25) is 0 Å². The molecule has 0 spiro atoms. The van der Waals surface area contributed by atoms with Crippen LogP contribution in [0.25, 0.3) is 0 Å². The Labute approximate surface area is 142 Å². The van der Waals surface area contributed by atoms with Crippen LogP contribution in [0, 0.1) is 16.7 Å². The molecule has 0 amide bonds. The third-order valence-electron chi connectivity index (χ3n) is 4.60.